The van der Waals surface area contributed by atoms with Crippen LogP contribution in [-0.2, 0) is 4.74 Å². The lowest BCUT2D eigenvalue weighted by Crippen LogP contribution is -2.06. The molecule has 1 aromatic heterocycles. The van der Waals surface area contributed by atoms with Gasteiger partial charge in [0.25, 0.3) is 0 Å². The molecule has 0 N–H and O–H groups in total. The molecule has 4 nitrogen and oxygen atoms in total. The number of rotatable bonds is 2. The summed E-state index contributed by atoms with van der Waals surface area (Å²) >= 11 is 9.11. The van der Waals surface area contributed by atoms with Gasteiger partial charge in [-0.3, -0.25) is 0 Å². The molecule has 18 heavy (non-hydrogen) atoms. The molecule has 0 fully saturated rings. The van der Waals surface area contributed by atoms with Crippen LogP contribution in [0.25, 0.3) is 11.3 Å². The van der Waals surface area contributed by atoms with Gasteiger partial charge in [0, 0.05) is 16.2 Å². The van der Waals surface area contributed by atoms with E-state index in [4.69, 9.17) is 16.3 Å². The van der Waals surface area contributed by atoms with Gasteiger partial charge < -0.3 is 4.74 Å². The van der Waals surface area contributed by atoms with Crippen LogP contribution in [0.4, 0.5) is 0 Å². The molecule has 92 valence electrons. The van der Waals surface area contributed by atoms with E-state index in [1.807, 2.05) is 24.3 Å². The Balaban J connectivity index is 2.57. The number of benzene rings is 1. The molecule has 0 bridgehead atoms. The topological polar surface area (TPSA) is 52.1 Å². The van der Waals surface area contributed by atoms with E-state index in [-0.39, 0.29) is 10.8 Å². The smallest absolute Gasteiger partial charge is 0.341 e. The van der Waals surface area contributed by atoms with Gasteiger partial charge in [0.2, 0.25) is 5.28 Å². The molecule has 0 radical (unpaired) electrons. The number of halogens is 2. The van der Waals surface area contributed by atoms with E-state index in [2.05, 4.69) is 25.9 Å². The predicted molar refractivity (Wildman–Crippen MR) is 71.5 cm³/mol. The molecule has 6 heteroatoms. The van der Waals surface area contributed by atoms with Crippen molar-refractivity contribution in [2.24, 2.45) is 0 Å². The lowest BCUT2D eigenvalue weighted by atomic mass is 10.1. The molecule has 1 aromatic carbocycles. The van der Waals surface area contributed by atoms with Crippen LogP contribution in [-0.4, -0.2) is 23.0 Å². The summed E-state index contributed by atoms with van der Waals surface area (Å²) in [7, 11) is 1.31. The minimum absolute atomic E-state index is 0.0839. The minimum Gasteiger partial charge on any atom is -0.465 e. The molecular formula is C12H8BrClN2O2. The van der Waals surface area contributed by atoms with Crippen molar-refractivity contribution in [3.8, 4) is 11.3 Å². The molecule has 0 spiro atoms. The van der Waals surface area contributed by atoms with Gasteiger partial charge in [-0.1, -0.05) is 28.1 Å². The molecule has 0 unspecified atom stereocenters. The number of methoxy groups -OCH3 is 1. The number of carbonyl (C=O) groups is 1. The summed E-state index contributed by atoms with van der Waals surface area (Å²) in [5, 5.41) is 0.0839. The maximum Gasteiger partial charge on any atom is 0.341 e. The molecular weight excluding hydrogens is 320 g/mol. The third kappa shape index (κ3) is 2.68. The van der Waals surface area contributed by atoms with E-state index in [1.54, 1.807) is 0 Å². The van der Waals surface area contributed by atoms with Gasteiger partial charge >= 0.3 is 5.97 Å². The summed E-state index contributed by atoms with van der Waals surface area (Å²) in [4.78, 5) is 19.5. The summed E-state index contributed by atoms with van der Waals surface area (Å²) in [6.07, 6.45) is 1.36. The maximum atomic E-state index is 11.6. The van der Waals surface area contributed by atoms with Gasteiger partial charge in [0.05, 0.1) is 12.8 Å². The number of aromatic nitrogens is 2. The number of hydrogen-bond acceptors (Lipinski definition) is 4. The zero-order valence-corrected chi connectivity index (χ0v) is 11.7. The van der Waals surface area contributed by atoms with Crippen LogP contribution < -0.4 is 0 Å². The Bertz CT molecular complexity index is 587. The predicted octanol–water partition coefficient (Wildman–Crippen LogP) is 3.35. The van der Waals surface area contributed by atoms with Crippen LogP contribution in [0.5, 0.6) is 0 Å². The van der Waals surface area contributed by atoms with Crippen LogP contribution in [0.15, 0.2) is 34.9 Å². The van der Waals surface area contributed by atoms with Crippen LogP contribution in [0.1, 0.15) is 10.4 Å². The van der Waals surface area contributed by atoms with E-state index < -0.39 is 5.97 Å². The zero-order valence-electron chi connectivity index (χ0n) is 9.35. The van der Waals surface area contributed by atoms with Crippen molar-refractivity contribution in [2.75, 3.05) is 7.11 Å². The Labute approximate surface area is 117 Å². The van der Waals surface area contributed by atoms with Crippen molar-refractivity contribution >= 4 is 33.5 Å². The molecule has 0 amide bonds. The molecule has 0 aliphatic carbocycles. The maximum absolute atomic E-state index is 11.6. The number of nitrogens with zero attached hydrogens (tertiary/aromatic N) is 2. The summed E-state index contributed by atoms with van der Waals surface area (Å²) in [5.41, 5.74) is 1.50. The third-order valence-electron chi connectivity index (χ3n) is 2.28. The Hall–Kier alpha value is -1.46. The van der Waals surface area contributed by atoms with Crippen molar-refractivity contribution < 1.29 is 9.53 Å². The Morgan fingerprint density at radius 3 is 2.61 bits per heavy atom. The Morgan fingerprint density at radius 1 is 1.33 bits per heavy atom. The van der Waals surface area contributed by atoms with Gasteiger partial charge in [-0.2, -0.15) is 0 Å². The van der Waals surface area contributed by atoms with Crippen LogP contribution in [0.2, 0.25) is 5.28 Å². The molecule has 0 saturated carbocycles. The van der Waals surface area contributed by atoms with Gasteiger partial charge in [0.1, 0.15) is 5.56 Å². The van der Waals surface area contributed by atoms with E-state index in [9.17, 15) is 4.79 Å². The van der Waals surface area contributed by atoms with E-state index >= 15 is 0 Å². The molecule has 0 atom stereocenters. The van der Waals surface area contributed by atoms with Crippen molar-refractivity contribution in [1.29, 1.82) is 0 Å². The summed E-state index contributed by atoms with van der Waals surface area (Å²) < 4.78 is 5.63. The second-order valence-corrected chi connectivity index (χ2v) is 4.65. The Kier molecular flexibility index (Phi) is 3.93. The summed E-state index contributed by atoms with van der Waals surface area (Å²) in [5.74, 6) is -0.496. The number of ether oxygens (including phenoxy) is 1. The van der Waals surface area contributed by atoms with Gasteiger partial charge in [-0.25, -0.2) is 14.8 Å². The molecule has 2 rings (SSSR count). The van der Waals surface area contributed by atoms with Crippen LogP contribution in [0.3, 0.4) is 0 Å². The quantitative estimate of drug-likeness (QED) is 0.627. The summed E-state index contributed by atoms with van der Waals surface area (Å²) in [6, 6.07) is 7.36. The van der Waals surface area contributed by atoms with E-state index in [0.29, 0.717) is 5.69 Å². The lowest BCUT2D eigenvalue weighted by molar-refractivity contribution is 0.0600. The fraction of sp³-hybridized carbons (Fsp3) is 0.0833. The molecule has 0 saturated heterocycles. The largest absolute Gasteiger partial charge is 0.465 e. The zero-order chi connectivity index (χ0) is 13.1. The highest BCUT2D eigenvalue weighted by Gasteiger charge is 2.16. The standard InChI is InChI=1S/C12H8BrClN2O2/c1-18-11(17)9-6-15-12(14)16-10(9)7-2-4-8(13)5-3-7/h2-6H,1H3. The second-order valence-electron chi connectivity index (χ2n) is 3.40. The fourth-order valence-electron chi connectivity index (χ4n) is 1.45. The van der Waals surface area contributed by atoms with E-state index in [1.165, 1.54) is 13.3 Å². The highest BCUT2D eigenvalue weighted by atomic mass is 79.9. The van der Waals surface area contributed by atoms with Crippen LogP contribution in [0, 0.1) is 0 Å². The first-order valence-electron chi connectivity index (χ1n) is 4.98. The van der Waals surface area contributed by atoms with Gasteiger partial charge in [-0.15, -0.1) is 0 Å². The SMILES string of the molecule is COC(=O)c1cnc(Cl)nc1-c1ccc(Br)cc1. The number of esters is 1. The van der Waals surface area contributed by atoms with E-state index in [0.717, 1.165) is 10.0 Å². The average molecular weight is 328 g/mol. The molecule has 1 heterocycles. The Morgan fingerprint density at radius 2 is 2.00 bits per heavy atom. The third-order valence-corrected chi connectivity index (χ3v) is 2.99. The lowest BCUT2D eigenvalue weighted by Gasteiger charge is -2.07. The second kappa shape index (κ2) is 5.46. The molecule has 0 aliphatic heterocycles. The minimum atomic E-state index is -0.496. The van der Waals surface area contributed by atoms with Crippen molar-refractivity contribution in [1.82, 2.24) is 9.97 Å². The summed E-state index contributed by atoms with van der Waals surface area (Å²) in [6.45, 7) is 0. The highest BCUT2D eigenvalue weighted by Crippen LogP contribution is 2.24. The fourth-order valence-corrected chi connectivity index (χ4v) is 1.85. The van der Waals surface area contributed by atoms with Gasteiger partial charge in [0.15, 0.2) is 0 Å². The first-order chi connectivity index (χ1) is 8.61. The number of hydrogen-bond donors (Lipinski definition) is 0. The van der Waals surface area contributed by atoms with Crippen molar-refractivity contribution in [3.05, 3.63) is 45.8 Å². The molecule has 0 aliphatic rings. The monoisotopic (exact) mass is 326 g/mol. The van der Waals surface area contributed by atoms with Crippen molar-refractivity contribution in [3.63, 3.8) is 0 Å². The average Bonchev–Trinajstić information content (AvgIpc) is 2.38. The first-order valence-corrected chi connectivity index (χ1v) is 6.15. The van der Waals surface area contributed by atoms with Crippen LogP contribution >= 0.6 is 27.5 Å². The number of carbonyl (C=O) groups excluding carboxylic acids is 1. The highest BCUT2D eigenvalue weighted by molar-refractivity contribution is 9.10. The van der Waals surface area contributed by atoms with Crippen molar-refractivity contribution in [2.45, 2.75) is 0 Å². The first kappa shape index (κ1) is 13.0. The van der Waals surface area contributed by atoms with Gasteiger partial charge in [-0.05, 0) is 23.7 Å². The normalized spacial score (nSPS) is 10.2. The molecule has 2 aromatic rings.